The number of hydrogen-bond acceptors (Lipinski definition) is 10. The van der Waals surface area contributed by atoms with E-state index < -0.39 is 9.85 Å². The van der Waals surface area contributed by atoms with Crippen molar-refractivity contribution in [3.8, 4) is 0 Å². The van der Waals surface area contributed by atoms with Gasteiger partial charge in [0.15, 0.2) is 0 Å². The van der Waals surface area contributed by atoms with Gasteiger partial charge in [-0.25, -0.2) is 0 Å². The molecule has 2 saturated heterocycles. The second kappa shape index (κ2) is 10.1. The van der Waals surface area contributed by atoms with Crippen LogP contribution in [0.3, 0.4) is 0 Å². The van der Waals surface area contributed by atoms with Crippen LogP contribution in [0.4, 0.5) is 22.7 Å². The predicted molar refractivity (Wildman–Crippen MR) is 117 cm³/mol. The fourth-order valence-electron chi connectivity index (χ4n) is 3.43. The highest BCUT2D eigenvalue weighted by Gasteiger charge is 2.25. The topological polar surface area (TPSA) is 149 Å². The zero-order valence-electron chi connectivity index (χ0n) is 17.7. The molecule has 2 atom stereocenters. The van der Waals surface area contributed by atoms with E-state index in [1.165, 1.54) is 24.3 Å². The Balaban J connectivity index is 1.32. The van der Waals surface area contributed by atoms with E-state index in [1.807, 2.05) is 10.0 Å². The van der Waals surface area contributed by atoms with Crippen molar-refractivity contribution in [3.63, 3.8) is 0 Å². The van der Waals surface area contributed by atoms with Crippen LogP contribution >= 0.6 is 0 Å². The fourth-order valence-corrected chi connectivity index (χ4v) is 3.43. The van der Waals surface area contributed by atoms with Crippen molar-refractivity contribution < 1.29 is 9.85 Å². The number of non-ortho nitro benzene ring substituents is 2. The molecule has 172 valence electrons. The Morgan fingerprint density at radius 3 is 1.36 bits per heavy atom. The molecule has 0 aromatic heterocycles. The van der Waals surface area contributed by atoms with Gasteiger partial charge in [0.05, 0.1) is 54.3 Å². The van der Waals surface area contributed by atoms with Crippen molar-refractivity contribution in [3.05, 3.63) is 68.8 Å². The highest BCUT2D eigenvalue weighted by atomic mass is 16.6. The Labute approximate surface area is 188 Å². The lowest BCUT2D eigenvalue weighted by Gasteiger charge is -2.24. The first-order valence-corrected chi connectivity index (χ1v) is 10.2. The monoisotopic (exact) mass is 454 g/mol. The van der Waals surface area contributed by atoms with Crippen molar-refractivity contribution in [2.45, 2.75) is 0 Å². The summed E-state index contributed by atoms with van der Waals surface area (Å²) in [7, 11) is 0. The standard InChI is InChI=1S/C19H22N10O4/c30-28(31)18-5-1-16(2-6-18)20-22-26-11-9-25-13-24(14-26)10-12-27(15-25)23-21-17-3-7-19(8-4-17)29(32)33/h1-8H,9-15H2. The summed E-state index contributed by atoms with van der Waals surface area (Å²) >= 11 is 0. The highest BCUT2D eigenvalue weighted by molar-refractivity contribution is 5.44. The van der Waals surface area contributed by atoms with E-state index in [2.05, 4.69) is 30.5 Å². The van der Waals surface area contributed by atoms with E-state index >= 15 is 0 Å². The highest BCUT2D eigenvalue weighted by Crippen LogP contribution is 2.20. The Morgan fingerprint density at radius 2 is 1.00 bits per heavy atom. The Bertz CT molecular complexity index is 960. The van der Waals surface area contributed by atoms with Crippen LogP contribution in [-0.2, 0) is 0 Å². The first-order chi connectivity index (χ1) is 16.0. The van der Waals surface area contributed by atoms with Crippen LogP contribution in [-0.4, -0.2) is 75.8 Å². The molecule has 0 N–H and O–H groups in total. The van der Waals surface area contributed by atoms with Crippen molar-refractivity contribution in [2.24, 2.45) is 20.7 Å². The van der Waals surface area contributed by atoms with E-state index in [0.717, 1.165) is 19.8 Å². The minimum Gasteiger partial charge on any atom is -0.270 e. The van der Waals surface area contributed by atoms with Gasteiger partial charge in [0.25, 0.3) is 11.4 Å². The van der Waals surface area contributed by atoms with Crippen molar-refractivity contribution in [1.29, 1.82) is 0 Å². The number of hydrogen-bond donors (Lipinski definition) is 0. The number of benzene rings is 2. The van der Waals surface area contributed by atoms with Crippen LogP contribution in [0.5, 0.6) is 0 Å². The molecule has 0 aliphatic carbocycles. The molecule has 0 spiro atoms. The van der Waals surface area contributed by atoms with Crippen LogP contribution in [0.1, 0.15) is 0 Å². The van der Waals surface area contributed by atoms with E-state index in [9.17, 15) is 20.2 Å². The number of nitrogens with zero attached hydrogens (tertiary/aromatic N) is 10. The maximum Gasteiger partial charge on any atom is 0.269 e. The van der Waals surface area contributed by atoms with Crippen LogP contribution in [0, 0.1) is 20.2 Å². The average molecular weight is 454 g/mol. The second-order valence-corrected chi connectivity index (χ2v) is 7.60. The average Bonchev–Trinajstić information content (AvgIpc) is 3.14. The number of rotatable bonds is 6. The van der Waals surface area contributed by atoms with Gasteiger partial charge in [-0.05, 0) is 24.3 Å². The lowest BCUT2D eigenvalue weighted by molar-refractivity contribution is -0.385. The SMILES string of the molecule is O=[N+]([O-])c1ccc(N=NN2CCN3CN(CCN(N=Nc4ccc([N+](=O)[O-])cc4)C3)C2)cc1. The molecular formula is C19H22N10O4. The molecule has 2 aromatic carbocycles. The first-order valence-electron chi connectivity index (χ1n) is 10.2. The third kappa shape index (κ3) is 6.02. The number of nitro groups is 2. The predicted octanol–water partition coefficient (Wildman–Crippen LogP) is 3.31. The summed E-state index contributed by atoms with van der Waals surface area (Å²) in [5.74, 6) is 0. The maximum atomic E-state index is 10.8. The molecule has 2 aliphatic rings. The molecule has 14 heteroatoms. The molecule has 2 aromatic rings. The van der Waals surface area contributed by atoms with Crippen LogP contribution in [0.15, 0.2) is 69.2 Å². The zero-order chi connectivity index (χ0) is 23.2. The summed E-state index contributed by atoms with van der Waals surface area (Å²) in [6.45, 7) is 4.78. The normalized spacial score (nSPS) is 21.2. The van der Waals surface area contributed by atoms with Gasteiger partial charge >= 0.3 is 0 Å². The van der Waals surface area contributed by atoms with E-state index in [1.54, 1.807) is 24.3 Å². The molecule has 33 heavy (non-hydrogen) atoms. The van der Waals surface area contributed by atoms with E-state index in [4.69, 9.17) is 0 Å². The summed E-state index contributed by atoms with van der Waals surface area (Å²) in [5, 5.41) is 42.3. The van der Waals surface area contributed by atoms with Gasteiger partial charge in [-0.1, -0.05) is 10.4 Å². The van der Waals surface area contributed by atoms with Gasteiger partial charge in [0.2, 0.25) is 0 Å². The molecule has 4 rings (SSSR count). The summed E-state index contributed by atoms with van der Waals surface area (Å²) in [6, 6.07) is 11.9. The number of fused-ring (bicyclic) bond motifs is 2. The molecule has 0 amide bonds. The summed E-state index contributed by atoms with van der Waals surface area (Å²) in [6.07, 6.45) is 0. The molecule has 2 bridgehead atoms. The lowest BCUT2D eigenvalue weighted by atomic mass is 10.3. The zero-order valence-corrected chi connectivity index (χ0v) is 17.7. The minimum atomic E-state index is -0.449. The van der Waals surface area contributed by atoms with Gasteiger partial charge in [0.1, 0.15) is 0 Å². The smallest absolute Gasteiger partial charge is 0.269 e. The van der Waals surface area contributed by atoms with Crippen molar-refractivity contribution >= 4 is 22.7 Å². The van der Waals surface area contributed by atoms with Crippen LogP contribution in [0.2, 0.25) is 0 Å². The molecule has 0 saturated carbocycles. The molecule has 14 nitrogen and oxygen atoms in total. The first kappa shape index (κ1) is 22.2. The Morgan fingerprint density at radius 1 is 0.606 bits per heavy atom. The third-order valence-corrected chi connectivity index (χ3v) is 5.17. The summed E-state index contributed by atoms with van der Waals surface area (Å²) < 4.78 is 0. The molecule has 2 fully saturated rings. The Kier molecular flexibility index (Phi) is 6.75. The fraction of sp³-hybridized carbons (Fsp3) is 0.368. The molecule has 2 heterocycles. The Hall–Kier alpha value is -4.04. The van der Waals surface area contributed by atoms with Crippen molar-refractivity contribution in [2.75, 3.05) is 46.2 Å². The quantitative estimate of drug-likeness (QED) is 0.367. The van der Waals surface area contributed by atoms with Crippen molar-refractivity contribution in [1.82, 2.24) is 19.8 Å². The van der Waals surface area contributed by atoms with Gasteiger partial charge in [0, 0.05) is 37.4 Å². The van der Waals surface area contributed by atoms with Gasteiger partial charge in [-0.15, -0.1) is 10.2 Å². The molecule has 2 aliphatic heterocycles. The lowest BCUT2D eigenvalue weighted by Crippen LogP contribution is -2.36. The molecular weight excluding hydrogens is 432 g/mol. The van der Waals surface area contributed by atoms with Gasteiger partial charge in [-0.3, -0.25) is 40.0 Å². The largest absolute Gasteiger partial charge is 0.270 e. The molecule has 0 radical (unpaired) electrons. The van der Waals surface area contributed by atoms with Gasteiger partial charge < -0.3 is 0 Å². The summed E-state index contributed by atoms with van der Waals surface area (Å²) in [5.41, 5.74) is 1.14. The van der Waals surface area contributed by atoms with E-state index in [0.29, 0.717) is 37.8 Å². The molecule has 2 unspecified atom stereocenters. The third-order valence-electron chi connectivity index (χ3n) is 5.17. The summed E-state index contributed by atoms with van der Waals surface area (Å²) in [4.78, 5) is 25.1. The van der Waals surface area contributed by atoms with Gasteiger partial charge in [-0.2, -0.15) is 0 Å². The van der Waals surface area contributed by atoms with Crippen LogP contribution in [0.25, 0.3) is 0 Å². The maximum absolute atomic E-state index is 10.8. The second-order valence-electron chi connectivity index (χ2n) is 7.60. The number of nitro benzene ring substituents is 2. The van der Waals surface area contributed by atoms with E-state index in [-0.39, 0.29) is 11.4 Å². The van der Waals surface area contributed by atoms with Crippen LogP contribution < -0.4 is 0 Å². The minimum absolute atomic E-state index is 0.0166.